The van der Waals surface area contributed by atoms with Crippen LogP contribution in [-0.2, 0) is 9.59 Å². The summed E-state index contributed by atoms with van der Waals surface area (Å²) in [7, 11) is 4.96. The van der Waals surface area contributed by atoms with E-state index in [-0.39, 0.29) is 23.3 Å². The number of hydrogen-bond acceptors (Lipinski definition) is 4. The van der Waals surface area contributed by atoms with E-state index in [2.05, 4.69) is 10.3 Å². The number of amides is 2. The molecule has 1 heterocycles. The number of aromatic amines is 1. The van der Waals surface area contributed by atoms with Crippen LogP contribution < -0.4 is 10.1 Å². The highest BCUT2D eigenvalue weighted by molar-refractivity contribution is 5.98. The van der Waals surface area contributed by atoms with Gasteiger partial charge in [0.25, 0.3) is 0 Å². The number of carboxylic acid groups (broad SMARTS) is 1. The van der Waals surface area contributed by atoms with Gasteiger partial charge in [0.2, 0.25) is 11.8 Å². The van der Waals surface area contributed by atoms with Gasteiger partial charge < -0.3 is 25.0 Å². The molecule has 196 valence electrons. The van der Waals surface area contributed by atoms with Crippen molar-refractivity contribution in [3.8, 4) is 5.75 Å². The van der Waals surface area contributed by atoms with Crippen LogP contribution in [0.5, 0.6) is 5.75 Å². The highest BCUT2D eigenvalue weighted by atomic mass is 16.5. The summed E-state index contributed by atoms with van der Waals surface area (Å²) < 4.78 is 5.59. The molecule has 1 unspecified atom stereocenters. The number of aromatic carboxylic acids is 1. The highest BCUT2D eigenvalue weighted by Gasteiger charge is 2.24. The van der Waals surface area contributed by atoms with Gasteiger partial charge in [0.1, 0.15) is 5.75 Å². The smallest absolute Gasteiger partial charge is 0.335 e. The van der Waals surface area contributed by atoms with Gasteiger partial charge in [0.05, 0.1) is 12.7 Å². The molecule has 2 amide bonds. The third-order valence-electron chi connectivity index (χ3n) is 6.39. The summed E-state index contributed by atoms with van der Waals surface area (Å²) in [5.41, 5.74) is 4.32. The number of hydrogen-bond donors (Lipinski definition) is 3. The fraction of sp³-hybridized carbons (Fsp3) is 0.345. The van der Waals surface area contributed by atoms with Crippen molar-refractivity contribution < 1.29 is 24.2 Å². The van der Waals surface area contributed by atoms with E-state index in [1.165, 1.54) is 13.2 Å². The van der Waals surface area contributed by atoms with Crippen LogP contribution >= 0.6 is 0 Å². The molecule has 0 fully saturated rings. The number of ether oxygens (including phenoxy) is 1. The van der Waals surface area contributed by atoms with Gasteiger partial charge in [-0.05, 0) is 61.2 Å². The van der Waals surface area contributed by atoms with Gasteiger partial charge in [0, 0.05) is 61.2 Å². The van der Waals surface area contributed by atoms with Crippen LogP contribution in [0.15, 0.2) is 48.2 Å². The molecule has 3 rings (SSSR count). The first-order valence-electron chi connectivity index (χ1n) is 12.3. The predicted molar refractivity (Wildman–Crippen MR) is 145 cm³/mol. The van der Waals surface area contributed by atoms with Crippen molar-refractivity contribution in [2.24, 2.45) is 0 Å². The highest BCUT2D eigenvalue weighted by Crippen LogP contribution is 2.39. The Balaban J connectivity index is 2.09. The molecule has 0 bridgehead atoms. The first-order chi connectivity index (χ1) is 17.7. The quantitative estimate of drug-likeness (QED) is 0.324. The maximum atomic E-state index is 12.5. The Morgan fingerprint density at radius 1 is 1.14 bits per heavy atom. The predicted octanol–water partition coefficient (Wildman–Crippen LogP) is 4.80. The van der Waals surface area contributed by atoms with E-state index < -0.39 is 5.97 Å². The Hall–Kier alpha value is -4.07. The molecule has 0 aliphatic heterocycles. The van der Waals surface area contributed by atoms with E-state index in [1.807, 2.05) is 37.4 Å². The molecule has 2 aromatic carbocycles. The maximum absolute atomic E-state index is 12.5. The molecule has 0 saturated heterocycles. The Kier molecular flexibility index (Phi) is 9.11. The molecule has 0 aliphatic rings. The number of H-pyrrole nitrogens is 1. The van der Waals surface area contributed by atoms with Gasteiger partial charge in [-0.2, -0.15) is 0 Å². The second kappa shape index (κ2) is 12.3. The Bertz CT molecular complexity index is 1320. The molecule has 37 heavy (non-hydrogen) atoms. The molecule has 8 heteroatoms. The summed E-state index contributed by atoms with van der Waals surface area (Å²) >= 11 is 0. The third kappa shape index (κ3) is 6.58. The first kappa shape index (κ1) is 27.5. The molecule has 1 aromatic heterocycles. The summed E-state index contributed by atoms with van der Waals surface area (Å²) in [4.78, 5) is 41.2. The molecule has 3 aromatic rings. The zero-order valence-corrected chi connectivity index (χ0v) is 22.1. The summed E-state index contributed by atoms with van der Waals surface area (Å²) in [6.07, 6.45) is 5.46. The largest absolute Gasteiger partial charge is 0.496 e. The fourth-order valence-electron chi connectivity index (χ4n) is 4.33. The van der Waals surface area contributed by atoms with E-state index in [9.17, 15) is 19.5 Å². The average Bonchev–Trinajstić information content (AvgIpc) is 3.30. The Morgan fingerprint density at radius 2 is 1.89 bits per heavy atom. The van der Waals surface area contributed by atoms with Crippen LogP contribution in [0, 0.1) is 0 Å². The van der Waals surface area contributed by atoms with E-state index >= 15 is 0 Å². The number of carbonyl (C=O) groups excluding carboxylic acids is 2. The van der Waals surface area contributed by atoms with Crippen LogP contribution in [0.25, 0.3) is 17.0 Å². The summed E-state index contributed by atoms with van der Waals surface area (Å²) in [6, 6.07) is 10.8. The third-order valence-corrected chi connectivity index (χ3v) is 6.39. The molecule has 0 saturated carbocycles. The standard InChI is InChI=1S/C29H35N3O5/c1-6-13-30-28(34)18(2)14-19-7-11-25-23(15-19)24(17-31-25)21(10-12-27(33)32(3)4)22-9-8-20(29(35)36)16-26(22)37-5/h7-9,11,14-17,21,31H,6,10,12-13H2,1-5H3,(H,30,34)(H,35,36)/b18-14+. The van der Waals surface area contributed by atoms with E-state index in [1.54, 1.807) is 38.1 Å². The van der Waals surface area contributed by atoms with E-state index in [0.29, 0.717) is 30.7 Å². The van der Waals surface area contributed by atoms with Crippen LogP contribution in [0.3, 0.4) is 0 Å². The molecule has 0 spiro atoms. The lowest BCUT2D eigenvalue weighted by Gasteiger charge is -2.21. The van der Waals surface area contributed by atoms with Crippen molar-refractivity contribution in [2.45, 2.75) is 39.0 Å². The second-order valence-corrected chi connectivity index (χ2v) is 9.27. The lowest BCUT2D eigenvalue weighted by molar-refractivity contribution is -0.128. The van der Waals surface area contributed by atoms with E-state index in [0.717, 1.165) is 34.0 Å². The van der Waals surface area contributed by atoms with Crippen molar-refractivity contribution in [3.05, 3.63) is 70.4 Å². The van der Waals surface area contributed by atoms with Crippen LogP contribution in [0.1, 0.15) is 66.1 Å². The lowest BCUT2D eigenvalue weighted by Crippen LogP contribution is -2.24. The van der Waals surface area contributed by atoms with Gasteiger partial charge in [0.15, 0.2) is 0 Å². The SMILES string of the molecule is CCCNC(=O)/C(C)=C/c1ccc2[nH]cc(C(CCC(=O)N(C)C)c3ccc(C(=O)O)cc3OC)c2c1. The zero-order valence-electron chi connectivity index (χ0n) is 22.1. The minimum atomic E-state index is -1.04. The number of fused-ring (bicyclic) bond motifs is 1. The van der Waals surface area contributed by atoms with Crippen molar-refractivity contribution in [3.63, 3.8) is 0 Å². The molecule has 3 N–H and O–H groups in total. The number of nitrogens with one attached hydrogen (secondary N) is 2. The van der Waals surface area contributed by atoms with Gasteiger partial charge in [-0.3, -0.25) is 9.59 Å². The van der Waals surface area contributed by atoms with Gasteiger partial charge in [-0.25, -0.2) is 4.79 Å². The minimum absolute atomic E-state index is 0.00306. The van der Waals surface area contributed by atoms with Crippen LogP contribution in [0.4, 0.5) is 0 Å². The summed E-state index contributed by atoms with van der Waals surface area (Å²) in [5, 5.41) is 13.3. The molecule has 8 nitrogen and oxygen atoms in total. The maximum Gasteiger partial charge on any atom is 0.335 e. The first-order valence-corrected chi connectivity index (χ1v) is 12.3. The average molecular weight is 506 g/mol. The van der Waals surface area contributed by atoms with Crippen LogP contribution in [-0.4, -0.2) is 60.5 Å². The second-order valence-electron chi connectivity index (χ2n) is 9.27. The number of rotatable bonds is 11. The minimum Gasteiger partial charge on any atom is -0.496 e. The van der Waals surface area contributed by atoms with E-state index in [4.69, 9.17) is 4.74 Å². The number of benzene rings is 2. The molecule has 0 radical (unpaired) electrons. The van der Waals surface area contributed by atoms with Gasteiger partial charge >= 0.3 is 5.97 Å². The number of carboxylic acids is 1. The van der Waals surface area contributed by atoms with Crippen molar-refractivity contribution in [1.82, 2.24) is 15.2 Å². The van der Waals surface area contributed by atoms with Crippen molar-refractivity contribution in [2.75, 3.05) is 27.7 Å². The van der Waals surface area contributed by atoms with Crippen molar-refractivity contribution in [1.29, 1.82) is 0 Å². The summed E-state index contributed by atoms with van der Waals surface area (Å²) in [6.45, 7) is 4.42. The van der Waals surface area contributed by atoms with Crippen molar-refractivity contribution >= 4 is 34.8 Å². The molecule has 0 aliphatic carbocycles. The Labute approximate surface area is 217 Å². The normalized spacial score (nSPS) is 12.3. The van der Waals surface area contributed by atoms with Gasteiger partial charge in [-0.15, -0.1) is 0 Å². The van der Waals surface area contributed by atoms with Crippen LogP contribution in [0.2, 0.25) is 0 Å². The number of nitrogens with zero attached hydrogens (tertiary/aromatic N) is 1. The number of methoxy groups -OCH3 is 1. The monoisotopic (exact) mass is 505 g/mol. The molecular formula is C29H35N3O5. The summed E-state index contributed by atoms with van der Waals surface area (Å²) in [5.74, 6) is -0.909. The number of carbonyl (C=O) groups is 3. The topological polar surface area (TPSA) is 112 Å². The number of aromatic nitrogens is 1. The lowest BCUT2D eigenvalue weighted by atomic mass is 9.85. The molecule has 1 atom stereocenters. The zero-order chi connectivity index (χ0) is 27.1. The molecular weight excluding hydrogens is 470 g/mol. The fourth-order valence-corrected chi connectivity index (χ4v) is 4.33. The van der Waals surface area contributed by atoms with Gasteiger partial charge in [-0.1, -0.05) is 19.1 Å². The Morgan fingerprint density at radius 3 is 2.54 bits per heavy atom.